The van der Waals surface area contributed by atoms with Gasteiger partial charge in [0.2, 0.25) is 11.8 Å². The van der Waals surface area contributed by atoms with E-state index in [0.717, 1.165) is 0 Å². The quantitative estimate of drug-likeness (QED) is 0.388. The minimum Gasteiger partial charge on any atom is -0.393 e. The van der Waals surface area contributed by atoms with Gasteiger partial charge in [-0.2, -0.15) is 0 Å². The second kappa shape index (κ2) is 10.3. The Morgan fingerprint density at radius 1 is 1.13 bits per heavy atom. The Balaban J connectivity index is 1.69. The van der Waals surface area contributed by atoms with Gasteiger partial charge < -0.3 is 21.1 Å². The van der Waals surface area contributed by atoms with Gasteiger partial charge in [-0.05, 0) is 66.8 Å². The van der Waals surface area contributed by atoms with Crippen molar-refractivity contribution in [2.24, 2.45) is 5.41 Å². The van der Waals surface area contributed by atoms with Gasteiger partial charge in [0, 0.05) is 23.7 Å². The molecule has 2 amide bonds. The number of carbonyl (C=O) groups excluding carboxylic acids is 2. The Labute approximate surface area is 236 Å². The number of hydrogen-bond acceptors (Lipinski definition) is 4. The average Bonchev–Trinajstić information content (AvgIpc) is 3.32. The molecule has 6 nitrogen and oxygen atoms in total. The first-order chi connectivity index (χ1) is 18.3. The third kappa shape index (κ3) is 4.94. The predicted molar refractivity (Wildman–Crippen MR) is 147 cm³/mol. The van der Waals surface area contributed by atoms with Crippen LogP contribution in [0, 0.1) is 17.0 Å². The highest BCUT2D eigenvalue weighted by atomic mass is 35.5. The second-order valence-electron chi connectivity index (χ2n) is 12.2. The predicted octanol–water partition coefficient (Wildman–Crippen LogP) is 5.44. The Morgan fingerprint density at radius 2 is 1.82 bits per heavy atom. The van der Waals surface area contributed by atoms with E-state index in [1.807, 2.05) is 20.8 Å². The van der Waals surface area contributed by atoms with Crippen LogP contribution in [-0.2, 0) is 15.0 Å². The molecule has 1 aliphatic carbocycles. The van der Waals surface area contributed by atoms with Crippen LogP contribution in [0.5, 0.6) is 0 Å². The lowest BCUT2D eigenvalue weighted by atomic mass is 9.62. The SMILES string of the molecule is CC(C)(C)C[C@@H]1N[C@@H](C(=O)N[C@H]2CC[C@H](O)CC2)[C@H](c2cccc(Cl)c2F)[C@]12C(=O)Nc1cc(Cl)c(F)cc12. The summed E-state index contributed by atoms with van der Waals surface area (Å²) in [5.41, 5.74) is -1.06. The number of aliphatic hydroxyl groups is 1. The van der Waals surface area contributed by atoms with Crippen molar-refractivity contribution in [3.05, 3.63) is 63.1 Å². The Kier molecular flexibility index (Phi) is 7.46. The molecule has 0 radical (unpaired) electrons. The molecule has 210 valence electrons. The van der Waals surface area contributed by atoms with Gasteiger partial charge in [0.05, 0.1) is 22.2 Å². The fourth-order valence-corrected chi connectivity index (χ4v) is 7.02. The van der Waals surface area contributed by atoms with Gasteiger partial charge in [-0.25, -0.2) is 8.78 Å². The van der Waals surface area contributed by atoms with E-state index in [2.05, 4.69) is 16.0 Å². The largest absolute Gasteiger partial charge is 0.393 e. The summed E-state index contributed by atoms with van der Waals surface area (Å²) in [5.74, 6) is -3.32. The molecular weight excluding hydrogens is 547 g/mol. The third-order valence-electron chi connectivity index (χ3n) is 8.34. The molecular formula is C29H33Cl2F2N3O3. The lowest BCUT2D eigenvalue weighted by Gasteiger charge is -2.38. The maximum absolute atomic E-state index is 15.8. The molecule has 1 saturated carbocycles. The minimum atomic E-state index is -1.52. The summed E-state index contributed by atoms with van der Waals surface area (Å²) in [5, 5.41) is 18.9. The zero-order chi connectivity index (χ0) is 28.3. The molecule has 2 aliphatic heterocycles. The second-order valence-corrected chi connectivity index (χ2v) is 13.0. The molecule has 2 fully saturated rings. The van der Waals surface area contributed by atoms with E-state index in [0.29, 0.717) is 43.4 Å². The molecule has 2 aromatic carbocycles. The summed E-state index contributed by atoms with van der Waals surface area (Å²) in [6.45, 7) is 6.02. The maximum Gasteiger partial charge on any atom is 0.238 e. The van der Waals surface area contributed by atoms with Gasteiger partial charge >= 0.3 is 0 Å². The zero-order valence-electron chi connectivity index (χ0n) is 22.1. The van der Waals surface area contributed by atoms with E-state index in [1.165, 1.54) is 24.3 Å². The van der Waals surface area contributed by atoms with Crippen LogP contribution in [0.1, 0.15) is 69.9 Å². The summed E-state index contributed by atoms with van der Waals surface area (Å²) in [6, 6.07) is 5.28. The number of rotatable bonds is 4. The average molecular weight is 581 g/mol. The van der Waals surface area contributed by atoms with Gasteiger partial charge in [0.1, 0.15) is 17.0 Å². The normalized spacial score (nSPS) is 30.4. The zero-order valence-corrected chi connectivity index (χ0v) is 23.6. The number of aliphatic hydroxyl groups excluding tert-OH is 1. The number of amides is 2. The number of carbonyl (C=O) groups is 2. The molecule has 0 aromatic heterocycles. The third-order valence-corrected chi connectivity index (χ3v) is 8.92. The number of benzene rings is 2. The van der Waals surface area contributed by atoms with Crippen molar-refractivity contribution >= 4 is 40.7 Å². The number of hydrogen-bond donors (Lipinski definition) is 4. The lowest BCUT2D eigenvalue weighted by molar-refractivity contribution is -0.124. The van der Waals surface area contributed by atoms with Crippen molar-refractivity contribution in [1.82, 2.24) is 10.6 Å². The van der Waals surface area contributed by atoms with Crippen LogP contribution in [0.2, 0.25) is 10.0 Å². The summed E-state index contributed by atoms with van der Waals surface area (Å²) in [7, 11) is 0. The van der Waals surface area contributed by atoms with Crippen LogP contribution in [0.3, 0.4) is 0 Å². The van der Waals surface area contributed by atoms with Crippen LogP contribution >= 0.6 is 23.2 Å². The first kappa shape index (κ1) is 28.3. The first-order valence-electron chi connectivity index (χ1n) is 13.3. The first-order valence-corrected chi connectivity index (χ1v) is 14.1. The molecule has 4 N–H and O–H groups in total. The van der Waals surface area contributed by atoms with Crippen molar-refractivity contribution in [3.8, 4) is 0 Å². The van der Waals surface area contributed by atoms with Gasteiger partial charge in [-0.3, -0.25) is 9.59 Å². The number of nitrogens with one attached hydrogen (secondary N) is 3. The maximum atomic E-state index is 15.8. The molecule has 5 rings (SSSR count). The smallest absolute Gasteiger partial charge is 0.238 e. The standard InChI is InChI=1S/C29H33Cl2F2N3O3/c1-28(2,3)13-22-29(17-11-20(32)19(31)12-21(17)35-27(29)39)23(16-5-4-6-18(30)24(16)33)25(36-22)26(38)34-14-7-9-15(37)10-8-14/h4-6,11-12,14-15,22-23,25,36-37H,7-10,13H2,1-3H3,(H,34,38)(H,35,39)/t14-,15-,22-,23-,25+,29+/m0/s1. The van der Waals surface area contributed by atoms with Gasteiger partial charge in [0.25, 0.3) is 0 Å². The molecule has 4 atom stereocenters. The fourth-order valence-electron chi connectivity index (χ4n) is 6.68. The monoisotopic (exact) mass is 579 g/mol. The van der Waals surface area contributed by atoms with E-state index < -0.39 is 47.1 Å². The van der Waals surface area contributed by atoms with Crippen LogP contribution in [0.15, 0.2) is 30.3 Å². The van der Waals surface area contributed by atoms with Crippen molar-refractivity contribution in [3.63, 3.8) is 0 Å². The van der Waals surface area contributed by atoms with E-state index >= 15 is 4.39 Å². The Bertz CT molecular complexity index is 1310. The molecule has 1 spiro atoms. The highest BCUT2D eigenvalue weighted by Gasteiger charge is 2.66. The summed E-state index contributed by atoms with van der Waals surface area (Å²) in [4.78, 5) is 28.1. The highest BCUT2D eigenvalue weighted by Crippen LogP contribution is 2.57. The minimum absolute atomic E-state index is 0.101. The topological polar surface area (TPSA) is 90.5 Å². The fraction of sp³-hybridized carbons (Fsp3) is 0.517. The van der Waals surface area contributed by atoms with Crippen LogP contribution in [0.4, 0.5) is 14.5 Å². The number of halogens is 4. The molecule has 3 aliphatic rings. The Morgan fingerprint density at radius 3 is 2.49 bits per heavy atom. The lowest BCUT2D eigenvalue weighted by Crippen LogP contribution is -2.50. The summed E-state index contributed by atoms with van der Waals surface area (Å²) < 4.78 is 30.8. The molecule has 10 heteroatoms. The van der Waals surface area contributed by atoms with Crippen molar-refractivity contribution in [1.29, 1.82) is 0 Å². The van der Waals surface area contributed by atoms with E-state index in [-0.39, 0.29) is 33.0 Å². The van der Waals surface area contributed by atoms with Crippen molar-refractivity contribution < 1.29 is 23.5 Å². The van der Waals surface area contributed by atoms with Crippen molar-refractivity contribution in [2.45, 2.75) is 88.4 Å². The van der Waals surface area contributed by atoms with E-state index in [9.17, 15) is 19.1 Å². The molecule has 2 heterocycles. The van der Waals surface area contributed by atoms with Crippen LogP contribution in [-0.4, -0.2) is 41.2 Å². The molecule has 39 heavy (non-hydrogen) atoms. The van der Waals surface area contributed by atoms with Crippen molar-refractivity contribution in [2.75, 3.05) is 5.32 Å². The number of anilines is 1. The summed E-state index contributed by atoms with van der Waals surface area (Å²) >= 11 is 12.3. The van der Waals surface area contributed by atoms with Crippen LogP contribution in [0.25, 0.3) is 0 Å². The molecule has 0 bridgehead atoms. The Hall–Kier alpha value is -2.26. The van der Waals surface area contributed by atoms with Gasteiger partial charge in [0.15, 0.2) is 0 Å². The van der Waals surface area contributed by atoms with Gasteiger partial charge in [-0.1, -0.05) is 56.1 Å². The van der Waals surface area contributed by atoms with E-state index in [4.69, 9.17) is 23.2 Å². The molecule has 0 unspecified atom stereocenters. The molecule has 1 saturated heterocycles. The van der Waals surface area contributed by atoms with Gasteiger partial charge in [-0.15, -0.1) is 0 Å². The highest BCUT2D eigenvalue weighted by molar-refractivity contribution is 6.31. The summed E-state index contributed by atoms with van der Waals surface area (Å²) in [6.07, 6.45) is 2.40. The number of fused-ring (bicyclic) bond motifs is 2. The molecule has 2 aromatic rings. The van der Waals surface area contributed by atoms with Crippen LogP contribution < -0.4 is 16.0 Å². The van der Waals surface area contributed by atoms with E-state index in [1.54, 1.807) is 6.07 Å².